The number of aromatic nitrogens is 3. The highest BCUT2D eigenvalue weighted by atomic mass is 32.2. The highest BCUT2D eigenvalue weighted by molar-refractivity contribution is 7.99. The van der Waals surface area contributed by atoms with E-state index < -0.39 is 0 Å². The minimum atomic E-state index is 0.690. The molecule has 0 radical (unpaired) electrons. The zero-order valence-corrected chi connectivity index (χ0v) is 10.4. The van der Waals surface area contributed by atoms with Gasteiger partial charge in [0.1, 0.15) is 5.82 Å². The first kappa shape index (κ1) is 10.6. The number of hydrogen-bond acceptors (Lipinski definition) is 4. The summed E-state index contributed by atoms with van der Waals surface area (Å²) >= 11 is 1.77. The van der Waals surface area contributed by atoms with Gasteiger partial charge in [0.2, 0.25) is 0 Å². The van der Waals surface area contributed by atoms with Gasteiger partial charge in [-0.1, -0.05) is 11.8 Å². The van der Waals surface area contributed by atoms with Crippen molar-refractivity contribution in [1.82, 2.24) is 14.8 Å². The molecular weight excluding hydrogens is 222 g/mol. The Labute approximate surface area is 99.8 Å². The van der Waals surface area contributed by atoms with Crippen LogP contribution in [-0.2, 0) is 4.74 Å². The van der Waals surface area contributed by atoms with Crippen LogP contribution in [0.4, 0.5) is 0 Å². The molecule has 3 rings (SSSR count). The first-order valence-electron chi connectivity index (χ1n) is 5.96. The molecule has 16 heavy (non-hydrogen) atoms. The Morgan fingerprint density at radius 1 is 1.31 bits per heavy atom. The molecule has 1 aromatic rings. The molecule has 0 N–H and O–H groups in total. The van der Waals surface area contributed by atoms with E-state index >= 15 is 0 Å². The van der Waals surface area contributed by atoms with Crippen molar-refractivity contribution < 1.29 is 4.74 Å². The number of methoxy groups -OCH3 is 1. The maximum atomic E-state index is 5.07. The highest BCUT2D eigenvalue weighted by Gasteiger charge is 2.36. The summed E-state index contributed by atoms with van der Waals surface area (Å²) in [7, 11) is 1.74. The summed E-state index contributed by atoms with van der Waals surface area (Å²) < 4.78 is 7.45. The lowest BCUT2D eigenvalue weighted by Gasteiger charge is -2.07. The van der Waals surface area contributed by atoms with Crippen LogP contribution in [0.15, 0.2) is 5.16 Å². The molecule has 1 aromatic heterocycles. The second-order valence-electron chi connectivity index (χ2n) is 4.56. The van der Waals surface area contributed by atoms with E-state index in [0.29, 0.717) is 12.0 Å². The monoisotopic (exact) mass is 239 g/mol. The van der Waals surface area contributed by atoms with Crippen LogP contribution in [0, 0.1) is 0 Å². The van der Waals surface area contributed by atoms with Crippen LogP contribution in [0.1, 0.15) is 43.5 Å². The summed E-state index contributed by atoms with van der Waals surface area (Å²) in [4.78, 5) is 0. The fraction of sp³-hybridized carbons (Fsp3) is 0.818. The molecule has 0 unspecified atom stereocenters. The van der Waals surface area contributed by atoms with E-state index in [0.717, 1.165) is 17.5 Å². The number of ether oxygens (including phenoxy) is 1. The largest absolute Gasteiger partial charge is 0.384 e. The molecule has 2 aliphatic carbocycles. The van der Waals surface area contributed by atoms with Crippen LogP contribution in [-0.4, -0.2) is 34.2 Å². The number of hydrogen-bond donors (Lipinski definition) is 0. The van der Waals surface area contributed by atoms with Crippen molar-refractivity contribution in [2.45, 2.75) is 42.8 Å². The van der Waals surface area contributed by atoms with E-state index in [4.69, 9.17) is 4.74 Å². The van der Waals surface area contributed by atoms with Gasteiger partial charge >= 0.3 is 0 Å². The zero-order valence-electron chi connectivity index (χ0n) is 9.56. The number of rotatable bonds is 6. The molecule has 0 saturated heterocycles. The van der Waals surface area contributed by atoms with Crippen LogP contribution in [0.2, 0.25) is 0 Å². The molecule has 0 bridgehead atoms. The van der Waals surface area contributed by atoms with Gasteiger partial charge in [0.25, 0.3) is 0 Å². The van der Waals surface area contributed by atoms with Crippen LogP contribution in [0.25, 0.3) is 0 Å². The molecule has 0 aromatic carbocycles. The third-order valence-electron chi connectivity index (χ3n) is 3.06. The van der Waals surface area contributed by atoms with E-state index in [1.807, 2.05) is 0 Å². The predicted octanol–water partition coefficient (Wildman–Crippen LogP) is 2.23. The average Bonchev–Trinajstić information content (AvgIpc) is 3.19. The van der Waals surface area contributed by atoms with E-state index in [-0.39, 0.29) is 0 Å². The number of nitrogens with zero attached hydrogens (tertiary/aromatic N) is 3. The molecule has 0 spiro atoms. The molecule has 88 valence electrons. The van der Waals surface area contributed by atoms with Gasteiger partial charge in [0.05, 0.1) is 6.61 Å². The van der Waals surface area contributed by atoms with Crippen molar-refractivity contribution in [3.63, 3.8) is 0 Å². The Morgan fingerprint density at radius 2 is 2.12 bits per heavy atom. The van der Waals surface area contributed by atoms with Crippen molar-refractivity contribution >= 4 is 11.8 Å². The molecule has 0 atom stereocenters. The standard InChI is InChI=1S/C11H17N3OS/c1-15-6-7-16-11-13-12-10(8-2-3-8)14(11)9-4-5-9/h8-9H,2-7H2,1H3. The second-order valence-corrected chi connectivity index (χ2v) is 5.62. The summed E-state index contributed by atoms with van der Waals surface area (Å²) in [5.41, 5.74) is 0. The van der Waals surface area contributed by atoms with Gasteiger partial charge in [0.15, 0.2) is 5.16 Å². The SMILES string of the molecule is COCCSc1nnc(C2CC2)n1C1CC1. The summed E-state index contributed by atoms with van der Waals surface area (Å²) in [5.74, 6) is 2.90. The Morgan fingerprint density at radius 3 is 2.75 bits per heavy atom. The van der Waals surface area contributed by atoms with Gasteiger partial charge in [0, 0.05) is 24.8 Å². The molecule has 2 fully saturated rings. The third kappa shape index (κ3) is 2.11. The molecule has 5 heteroatoms. The van der Waals surface area contributed by atoms with Gasteiger partial charge in [-0.15, -0.1) is 10.2 Å². The lowest BCUT2D eigenvalue weighted by atomic mass is 10.4. The van der Waals surface area contributed by atoms with E-state index in [1.54, 1.807) is 18.9 Å². The third-order valence-corrected chi connectivity index (χ3v) is 3.97. The zero-order chi connectivity index (χ0) is 11.0. The van der Waals surface area contributed by atoms with Crippen LogP contribution in [0.5, 0.6) is 0 Å². The fourth-order valence-corrected chi connectivity index (χ4v) is 2.81. The highest BCUT2D eigenvalue weighted by Crippen LogP contribution is 2.45. The molecular formula is C11H17N3OS. The first-order valence-corrected chi connectivity index (χ1v) is 6.95. The Hall–Kier alpha value is -0.550. The van der Waals surface area contributed by atoms with Crippen molar-refractivity contribution in [3.05, 3.63) is 5.82 Å². The van der Waals surface area contributed by atoms with Crippen molar-refractivity contribution in [3.8, 4) is 0 Å². The topological polar surface area (TPSA) is 39.9 Å². The average molecular weight is 239 g/mol. The van der Waals surface area contributed by atoms with Crippen LogP contribution >= 0.6 is 11.8 Å². The van der Waals surface area contributed by atoms with Crippen molar-refractivity contribution in [2.24, 2.45) is 0 Å². The second kappa shape index (κ2) is 4.37. The summed E-state index contributed by atoms with van der Waals surface area (Å²) in [6, 6.07) is 0.690. The predicted molar refractivity (Wildman–Crippen MR) is 62.9 cm³/mol. The molecule has 1 heterocycles. The molecule has 2 saturated carbocycles. The fourth-order valence-electron chi connectivity index (χ4n) is 1.90. The Kier molecular flexibility index (Phi) is 2.90. The molecule has 0 amide bonds. The van der Waals surface area contributed by atoms with Crippen LogP contribution < -0.4 is 0 Å². The molecule has 4 nitrogen and oxygen atoms in total. The van der Waals surface area contributed by atoms with Gasteiger partial charge in [-0.3, -0.25) is 0 Å². The van der Waals surface area contributed by atoms with E-state index in [2.05, 4.69) is 14.8 Å². The molecule has 2 aliphatic rings. The Balaban J connectivity index is 1.75. The van der Waals surface area contributed by atoms with Gasteiger partial charge < -0.3 is 9.30 Å². The van der Waals surface area contributed by atoms with Crippen molar-refractivity contribution in [2.75, 3.05) is 19.5 Å². The maximum absolute atomic E-state index is 5.07. The maximum Gasteiger partial charge on any atom is 0.191 e. The quantitative estimate of drug-likeness (QED) is 0.564. The van der Waals surface area contributed by atoms with Gasteiger partial charge in [-0.05, 0) is 25.7 Å². The van der Waals surface area contributed by atoms with Gasteiger partial charge in [-0.2, -0.15) is 0 Å². The van der Waals surface area contributed by atoms with Gasteiger partial charge in [-0.25, -0.2) is 0 Å². The van der Waals surface area contributed by atoms with E-state index in [9.17, 15) is 0 Å². The Bertz CT molecular complexity index is 371. The summed E-state index contributed by atoms with van der Waals surface area (Å²) in [5, 5.41) is 9.80. The minimum absolute atomic E-state index is 0.690. The lowest BCUT2D eigenvalue weighted by molar-refractivity contribution is 0.218. The van der Waals surface area contributed by atoms with Crippen molar-refractivity contribution in [1.29, 1.82) is 0 Å². The summed E-state index contributed by atoms with van der Waals surface area (Å²) in [6.07, 6.45) is 5.20. The number of thioether (sulfide) groups is 1. The summed E-state index contributed by atoms with van der Waals surface area (Å²) in [6.45, 7) is 0.779. The molecule has 0 aliphatic heterocycles. The van der Waals surface area contributed by atoms with E-state index in [1.165, 1.54) is 31.5 Å². The normalized spacial score (nSPS) is 20.3. The lowest BCUT2D eigenvalue weighted by Crippen LogP contribution is -2.03. The minimum Gasteiger partial charge on any atom is -0.384 e. The first-order chi connectivity index (χ1) is 7.90. The van der Waals surface area contributed by atoms with Crippen LogP contribution in [0.3, 0.4) is 0 Å². The smallest absolute Gasteiger partial charge is 0.191 e.